The molecule has 0 spiro atoms. The van der Waals surface area contributed by atoms with Crippen LogP contribution in [0.25, 0.3) is 0 Å². The highest BCUT2D eigenvalue weighted by molar-refractivity contribution is 5.29. The third kappa shape index (κ3) is 3.48. The van der Waals surface area contributed by atoms with Gasteiger partial charge < -0.3 is 10.2 Å². The number of nitrogens with one attached hydrogen (secondary N) is 1. The van der Waals surface area contributed by atoms with Crippen molar-refractivity contribution < 1.29 is 0 Å². The van der Waals surface area contributed by atoms with Crippen molar-refractivity contribution in [2.24, 2.45) is 5.92 Å². The molecule has 1 aromatic rings. The Balaban J connectivity index is 1.50. The van der Waals surface area contributed by atoms with Crippen LogP contribution in [-0.2, 0) is 0 Å². The molecule has 1 saturated carbocycles. The largest absolute Gasteiger partial charge is 0.339 e. The van der Waals surface area contributed by atoms with Crippen LogP contribution in [0.1, 0.15) is 45.4 Å². The quantitative estimate of drug-likeness (QED) is 0.896. The monoisotopic (exact) mass is 274 g/mol. The fourth-order valence-electron chi connectivity index (χ4n) is 3.45. The zero-order valence-electron chi connectivity index (χ0n) is 12.5. The van der Waals surface area contributed by atoms with E-state index in [0.29, 0.717) is 12.1 Å². The van der Waals surface area contributed by atoms with E-state index in [-0.39, 0.29) is 0 Å². The molecule has 4 heteroatoms. The summed E-state index contributed by atoms with van der Waals surface area (Å²) < 4.78 is 0. The second-order valence-electron chi connectivity index (χ2n) is 6.43. The van der Waals surface area contributed by atoms with E-state index in [9.17, 15) is 0 Å². The van der Waals surface area contributed by atoms with E-state index in [2.05, 4.69) is 27.1 Å². The zero-order valence-corrected chi connectivity index (χ0v) is 12.5. The first kappa shape index (κ1) is 13.8. The Bertz CT molecular complexity index is 404. The van der Waals surface area contributed by atoms with Crippen LogP contribution in [0.2, 0.25) is 0 Å². The predicted molar refractivity (Wildman–Crippen MR) is 81.8 cm³/mol. The highest BCUT2D eigenvalue weighted by Gasteiger charge is 2.25. The Morgan fingerprint density at radius 1 is 1.25 bits per heavy atom. The van der Waals surface area contributed by atoms with Gasteiger partial charge in [-0.3, -0.25) is 0 Å². The molecule has 1 N–H and O–H groups in total. The van der Waals surface area contributed by atoms with Gasteiger partial charge in [-0.1, -0.05) is 19.3 Å². The number of piperidine rings is 1. The lowest BCUT2D eigenvalue weighted by Crippen LogP contribution is -2.49. The maximum atomic E-state index is 4.37. The Kier molecular flexibility index (Phi) is 4.51. The summed E-state index contributed by atoms with van der Waals surface area (Å²) in [5, 5.41) is 3.82. The predicted octanol–water partition coefficient (Wildman–Crippen LogP) is 2.61. The molecule has 1 aliphatic heterocycles. The van der Waals surface area contributed by atoms with Crippen molar-refractivity contribution in [3.05, 3.63) is 18.5 Å². The molecule has 20 heavy (non-hydrogen) atoms. The van der Waals surface area contributed by atoms with Crippen LogP contribution in [0.15, 0.2) is 18.5 Å². The summed E-state index contributed by atoms with van der Waals surface area (Å²) in [6.07, 6.45) is 11.8. The average molecular weight is 274 g/mol. The van der Waals surface area contributed by atoms with Gasteiger partial charge in [0.25, 0.3) is 0 Å². The SMILES string of the molecule is CC(CC1CCC1)NC1CCCN(c2ncccn2)C1. The van der Waals surface area contributed by atoms with Gasteiger partial charge in [-0.05, 0) is 38.2 Å². The summed E-state index contributed by atoms with van der Waals surface area (Å²) in [4.78, 5) is 11.1. The Hall–Kier alpha value is -1.16. The highest BCUT2D eigenvalue weighted by atomic mass is 15.3. The third-order valence-corrected chi connectivity index (χ3v) is 4.69. The second-order valence-corrected chi connectivity index (χ2v) is 6.43. The van der Waals surface area contributed by atoms with E-state index < -0.39 is 0 Å². The molecule has 1 aliphatic carbocycles. The summed E-state index contributed by atoms with van der Waals surface area (Å²) in [5.41, 5.74) is 0. The molecule has 4 nitrogen and oxygen atoms in total. The summed E-state index contributed by atoms with van der Waals surface area (Å²) in [6.45, 7) is 4.47. The fraction of sp³-hybridized carbons (Fsp3) is 0.750. The van der Waals surface area contributed by atoms with Gasteiger partial charge in [0.05, 0.1) is 0 Å². The number of hydrogen-bond donors (Lipinski definition) is 1. The van der Waals surface area contributed by atoms with Crippen molar-refractivity contribution >= 4 is 5.95 Å². The van der Waals surface area contributed by atoms with Crippen molar-refractivity contribution in [2.45, 2.75) is 57.5 Å². The molecule has 110 valence electrons. The molecular weight excluding hydrogens is 248 g/mol. The average Bonchev–Trinajstić information content (AvgIpc) is 2.44. The van der Waals surface area contributed by atoms with Crippen LogP contribution in [0, 0.1) is 5.92 Å². The van der Waals surface area contributed by atoms with E-state index >= 15 is 0 Å². The fourth-order valence-corrected chi connectivity index (χ4v) is 3.45. The van der Waals surface area contributed by atoms with Gasteiger partial charge in [0.1, 0.15) is 0 Å². The van der Waals surface area contributed by atoms with Gasteiger partial charge >= 0.3 is 0 Å². The molecule has 2 fully saturated rings. The molecular formula is C16H26N4. The van der Waals surface area contributed by atoms with Crippen LogP contribution in [-0.4, -0.2) is 35.1 Å². The van der Waals surface area contributed by atoms with Crippen LogP contribution < -0.4 is 10.2 Å². The van der Waals surface area contributed by atoms with Crippen LogP contribution in [0.5, 0.6) is 0 Å². The maximum Gasteiger partial charge on any atom is 0.225 e. The van der Waals surface area contributed by atoms with Crippen LogP contribution in [0.4, 0.5) is 5.95 Å². The zero-order chi connectivity index (χ0) is 13.8. The first-order valence-corrected chi connectivity index (χ1v) is 8.09. The van der Waals surface area contributed by atoms with Crippen molar-refractivity contribution in [3.8, 4) is 0 Å². The molecule has 2 unspecified atom stereocenters. The summed E-state index contributed by atoms with van der Waals surface area (Å²) in [6, 6.07) is 3.11. The third-order valence-electron chi connectivity index (χ3n) is 4.69. The topological polar surface area (TPSA) is 41.0 Å². The number of anilines is 1. The molecule has 1 aromatic heterocycles. The van der Waals surface area contributed by atoms with Gasteiger partial charge in [-0.15, -0.1) is 0 Å². The van der Waals surface area contributed by atoms with Crippen molar-refractivity contribution in [1.82, 2.24) is 15.3 Å². The number of hydrogen-bond acceptors (Lipinski definition) is 4. The molecule has 1 saturated heterocycles. The maximum absolute atomic E-state index is 4.37. The van der Waals surface area contributed by atoms with Crippen LogP contribution >= 0.6 is 0 Å². The lowest BCUT2D eigenvalue weighted by atomic mass is 9.81. The number of nitrogens with zero attached hydrogens (tertiary/aromatic N) is 3. The van der Waals surface area contributed by atoms with E-state index in [1.165, 1.54) is 38.5 Å². The minimum absolute atomic E-state index is 0.586. The van der Waals surface area contributed by atoms with Gasteiger partial charge in [0.2, 0.25) is 5.95 Å². The van der Waals surface area contributed by atoms with Gasteiger partial charge in [-0.25, -0.2) is 9.97 Å². The highest BCUT2D eigenvalue weighted by Crippen LogP contribution is 2.30. The number of aromatic nitrogens is 2. The van der Waals surface area contributed by atoms with E-state index in [0.717, 1.165) is 25.0 Å². The Labute approximate surface area is 122 Å². The molecule has 0 amide bonds. The van der Waals surface area contributed by atoms with Gasteiger partial charge in [0, 0.05) is 37.6 Å². The van der Waals surface area contributed by atoms with Crippen molar-refractivity contribution in [1.29, 1.82) is 0 Å². The first-order chi connectivity index (χ1) is 9.81. The molecule has 2 atom stereocenters. The summed E-state index contributed by atoms with van der Waals surface area (Å²) in [5.74, 6) is 1.86. The van der Waals surface area contributed by atoms with Crippen molar-refractivity contribution in [3.63, 3.8) is 0 Å². The molecule has 3 rings (SSSR count). The Morgan fingerprint density at radius 2 is 2.05 bits per heavy atom. The molecule has 0 bridgehead atoms. The molecule has 0 aromatic carbocycles. The first-order valence-electron chi connectivity index (χ1n) is 8.09. The Morgan fingerprint density at radius 3 is 2.75 bits per heavy atom. The molecule has 0 radical (unpaired) electrons. The molecule has 2 heterocycles. The smallest absolute Gasteiger partial charge is 0.225 e. The molecule has 2 aliphatic rings. The van der Waals surface area contributed by atoms with Gasteiger partial charge in [0.15, 0.2) is 0 Å². The standard InChI is InChI=1S/C16H26N4/c1-13(11-14-5-2-6-14)19-15-7-3-10-20(12-15)16-17-8-4-9-18-16/h4,8-9,13-15,19H,2-3,5-7,10-12H2,1H3. The lowest BCUT2D eigenvalue weighted by molar-refractivity contribution is 0.252. The second kappa shape index (κ2) is 6.53. The van der Waals surface area contributed by atoms with Crippen LogP contribution in [0.3, 0.4) is 0 Å². The summed E-state index contributed by atoms with van der Waals surface area (Å²) in [7, 11) is 0. The van der Waals surface area contributed by atoms with E-state index in [1.54, 1.807) is 0 Å². The minimum atomic E-state index is 0.586. The normalized spacial score (nSPS) is 25.2. The van der Waals surface area contributed by atoms with E-state index in [1.807, 2.05) is 18.5 Å². The van der Waals surface area contributed by atoms with Crippen molar-refractivity contribution in [2.75, 3.05) is 18.0 Å². The lowest BCUT2D eigenvalue weighted by Gasteiger charge is -2.36. The van der Waals surface area contributed by atoms with E-state index in [4.69, 9.17) is 0 Å². The minimum Gasteiger partial charge on any atom is -0.339 e. The number of rotatable bonds is 5. The van der Waals surface area contributed by atoms with Gasteiger partial charge in [-0.2, -0.15) is 0 Å². The summed E-state index contributed by atoms with van der Waals surface area (Å²) >= 11 is 0.